The van der Waals surface area contributed by atoms with Gasteiger partial charge < -0.3 is 9.72 Å². The fourth-order valence-corrected chi connectivity index (χ4v) is 2.42. The number of ketones is 1. The van der Waals surface area contributed by atoms with Crippen LogP contribution in [0.5, 0.6) is 0 Å². The van der Waals surface area contributed by atoms with Crippen molar-refractivity contribution in [1.29, 1.82) is 0 Å². The smallest absolute Gasteiger partial charge is 0.344 e. The summed E-state index contributed by atoms with van der Waals surface area (Å²) >= 11 is 0. The number of Topliss-reactive ketones (excluding diaryl/α,β-unsaturated/α-hetero) is 1. The predicted octanol–water partition coefficient (Wildman–Crippen LogP) is 3.82. The summed E-state index contributed by atoms with van der Waals surface area (Å²) in [5, 5.41) is 0.926. The van der Waals surface area contributed by atoms with Gasteiger partial charge in [0.1, 0.15) is 19.2 Å². The number of rotatable bonds is 4. The average Bonchev–Trinajstić information content (AvgIpc) is 2.94. The number of carbonyl (C=O) groups excluding carboxylic acids is 2. The van der Waals surface area contributed by atoms with Gasteiger partial charge in [0.05, 0.1) is 5.69 Å². The third-order valence-corrected chi connectivity index (χ3v) is 3.62. The Labute approximate surface area is 148 Å². The molecule has 132 valence electrons. The third-order valence-electron chi connectivity index (χ3n) is 3.62. The highest BCUT2D eigenvalue weighted by atomic mass is 16.5. The van der Waals surface area contributed by atoms with E-state index >= 15 is 0 Å². The highest BCUT2D eigenvalue weighted by molar-refractivity contribution is 5.98. The number of ether oxygens (including phenoxy) is 1. The minimum absolute atomic E-state index is 0. The first-order chi connectivity index (χ1) is 11.0. The zero-order valence-electron chi connectivity index (χ0n) is 13.0. The first-order valence-electron chi connectivity index (χ1n) is 7.28. The van der Waals surface area contributed by atoms with Gasteiger partial charge in [-0.3, -0.25) is 4.79 Å². The second kappa shape index (κ2) is 8.24. The van der Waals surface area contributed by atoms with Crippen molar-refractivity contribution in [1.82, 2.24) is 4.98 Å². The van der Waals surface area contributed by atoms with Crippen molar-refractivity contribution in [3.05, 3.63) is 65.6 Å². The molecule has 0 amide bonds. The van der Waals surface area contributed by atoms with Crippen LogP contribution >= 0.6 is 0 Å². The number of H-pyrrole nitrogens is 1. The molecule has 0 saturated carbocycles. The molecule has 0 atom stereocenters. The van der Waals surface area contributed by atoms with Gasteiger partial charge in [0, 0.05) is 22.5 Å². The van der Waals surface area contributed by atoms with Crippen LogP contribution in [0.3, 0.4) is 0 Å². The molecule has 0 bridgehead atoms. The molecule has 5 nitrogen and oxygen atoms in total. The SMILES string of the molecule is C.C.CC(=O)c1ccc2[nH]c(COC(=O)c3ccc[n+](C)c3)cc2c1. The maximum atomic E-state index is 12.0. The first kappa shape index (κ1) is 20.1. The molecule has 0 aliphatic heterocycles. The van der Waals surface area contributed by atoms with E-state index in [9.17, 15) is 9.59 Å². The van der Waals surface area contributed by atoms with Crippen molar-refractivity contribution in [2.75, 3.05) is 0 Å². The van der Waals surface area contributed by atoms with Gasteiger partial charge in [0.2, 0.25) is 0 Å². The molecule has 1 aromatic carbocycles. The molecule has 0 aliphatic carbocycles. The second-order valence-electron chi connectivity index (χ2n) is 5.49. The zero-order chi connectivity index (χ0) is 16.4. The highest BCUT2D eigenvalue weighted by Crippen LogP contribution is 2.18. The Hall–Kier alpha value is -2.95. The maximum absolute atomic E-state index is 12.0. The molecule has 0 fully saturated rings. The van der Waals surface area contributed by atoms with Gasteiger partial charge in [-0.05, 0) is 37.3 Å². The molecule has 2 aromatic heterocycles. The summed E-state index contributed by atoms with van der Waals surface area (Å²) in [4.78, 5) is 26.6. The summed E-state index contributed by atoms with van der Waals surface area (Å²) in [5.41, 5.74) is 2.86. The molecule has 3 rings (SSSR count). The van der Waals surface area contributed by atoms with E-state index in [0.29, 0.717) is 11.1 Å². The van der Waals surface area contributed by atoms with Crippen LogP contribution < -0.4 is 4.57 Å². The monoisotopic (exact) mass is 341 g/mol. The van der Waals surface area contributed by atoms with E-state index in [2.05, 4.69) is 4.98 Å². The molecule has 5 heteroatoms. The number of nitrogens with one attached hydrogen (secondary N) is 1. The number of fused-ring (bicyclic) bond motifs is 1. The van der Waals surface area contributed by atoms with Crippen molar-refractivity contribution in [3.8, 4) is 0 Å². The van der Waals surface area contributed by atoms with E-state index in [-0.39, 0.29) is 33.2 Å². The number of aromatic nitrogens is 2. The quantitative estimate of drug-likeness (QED) is 0.446. The molecule has 0 radical (unpaired) electrons. The molecule has 0 spiro atoms. The summed E-state index contributed by atoms with van der Waals surface area (Å²) in [7, 11) is 1.85. The van der Waals surface area contributed by atoms with Crippen molar-refractivity contribution < 1.29 is 18.9 Å². The third kappa shape index (κ3) is 4.53. The lowest BCUT2D eigenvalue weighted by Crippen LogP contribution is -2.28. The van der Waals surface area contributed by atoms with Crippen LogP contribution in [-0.4, -0.2) is 16.7 Å². The summed E-state index contributed by atoms with van der Waals surface area (Å²) in [6, 6.07) is 10.9. The number of aryl methyl sites for hydroxylation is 1. The highest BCUT2D eigenvalue weighted by Gasteiger charge is 2.12. The fourth-order valence-electron chi connectivity index (χ4n) is 2.42. The lowest BCUT2D eigenvalue weighted by molar-refractivity contribution is -0.671. The molecule has 25 heavy (non-hydrogen) atoms. The fraction of sp³-hybridized carbons (Fsp3) is 0.250. The standard InChI is InChI=1S/C18H16N2O3.2CH4/c1-12(21)13-5-6-17-15(8-13)9-16(19-17)11-23-18(22)14-4-3-7-20(2)10-14;;/h3-10H,11H2,1-2H3;2*1H4/p+1. The van der Waals surface area contributed by atoms with Crippen molar-refractivity contribution in [2.45, 2.75) is 28.4 Å². The van der Waals surface area contributed by atoms with E-state index < -0.39 is 0 Å². The summed E-state index contributed by atoms with van der Waals surface area (Å²) in [5.74, 6) is -0.345. The normalized spacial score (nSPS) is 9.84. The Kier molecular flexibility index (Phi) is 6.62. The van der Waals surface area contributed by atoms with Crippen LogP contribution in [0.25, 0.3) is 10.9 Å². The van der Waals surface area contributed by atoms with E-state index in [4.69, 9.17) is 4.74 Å². The maximum Gasteiger partial charge on any atom is 0.344 e. The Balaban J connectivity index is 0.00000156. The Morgan fingerprint density at radius 3 is 2.56 bits per heavy atom. The lowest BCUT2D eigenvalue weighted by atomic mass is 10.1. The number of aromatic amines is 1. The summed E-state index contributed by atoms with van der Waals surface area (Å²) in [6.45, 7) is 1.69. The number of esters is 1. The van der Waals surface area contributed by atoms with Crippen molar-refractivity contribution >= 4 is 22.7 Å². The lowest BCUT2D eigenvalue weighted by Gasteiger charge is -2.02. The van der Waals surface area contributed by atoms with Gasteiger partial charge in [-0.1, -0.05) is 14.9 Å². The van der Waals surface area contributed by atoms with Gasteiger partial charge in [-0.15, -0.1) is 0 Å². The number of benzene rings is 1. The van der Waals surface area contributed by atoms with Crippen LogP contribution in [0.15, 0.2) is 48.8 Å². The van der Waals surface area contributed by atoms with Gasteiger partial charge in [-0.25, -0.2) is 9.36 Å². The Morgan fingerprint density at radius 2 is 1.88 bits per heavy atom. The van der Waals surface area contributed by atoms with Crippen LogP contribution in [0.2, 0.25) is 0 Å². The van der Waals surface area contributed by atoms with Crippen molar-refractivity contribution in [3.63, 3.8) is 0 Å². The van der Waals surface area contributed by atoms with Crippen LogP contribution in [0, 0.1) is 0 Å². The van der Waals surface area contributed by atoms with Crippen LogP contribution in [-0.2, 0) is 18.4 Å². The Bertz CT molecular complexity index is 897. The topological polar surface area (TPSA) is 63.0 Å². The zero-order valence-corrected chi connectivity index (χ0v) is 13.0. The molecule has 0 saturated heterocycles. The molecule has 2 heterocycles. The Morgan fingerprint density at radius 1 is 1.12 bits per heavy atom. The molecular formula is C20H25N2O3+. The average molecular weight is 341 g/mol. The van der Waals surface area contributed by atoms with Crippen LogP contribution in [0.4, 0.5) is 0 Å². The predicted molar refractivity (Wildman–Crippen MR) is 98.5 cm³/mol. The van der Waals surface area contributed by atoms with Gasteiger partial charge in [0.15, 0.2) is 18.2 Å². The number of hydrogen-bond acceptors (Lipinski definition) is 3. The van der Waals surface area contributed by atoms with E-state index in [1.807, 2.05) is 31.4 Å². The van der Waals surface area contributed by atoms with Crippen molar-refractivity contribution in [2.24, 2.45) is 7.05 Å². The largest absolute Gasteiger partial charge is 0.456 e. The second-order valence-corrected chi connectivity index (χ2v) is 5.49. The molecule has 1 N–H and O–H groups in total. The molecule has 0 unspecified atom stereocenters. The van der Waals surface area contributed by atoms with Crippen LogP contribution in [0.1, 0.15) is 48.2 Å². The first-order valence-corrected chi connectivity index (χ1v) is 7.28. The number of nitrogens with zero attached hydrogens (tertiary/aromatic N) is 1. The van der Waals surface area contributed by atoms with E-state index in [0.717, 1.165) is 16.6 Å². The number of pyridine rings is 1. The number of hydrogen-bond donors (Lipinski definition) is 1. The summed E-state index contributed by atoms with van der Waals surface area (Å²) < 4.78 is 7.12. The van der Waals surface area contributed by atoms with Gasteiger partial charge in [0.25, 0.3) is 0 Å². The number of carbonyl (C=O) groups is 2. The minimum atomic E-state index is -0.371. The van der Waals surface area contributed by atoms with E-state index in [1.54, 1.807) is 29.0 Å². The molecule has 3 aromatic rings. The van der Waals surface area contributed by atoms with Gasteiger partial charge >= 0.3 is 5.97 Å². The minimum Gasteiger partial charge on any atom is -0.456 e. The molecular weight excluding hydrogens is 316 g/mol. The summed E-state index contributed by atoms with van der Waals surface area (Å²) in [6.07, 6.45) is 3.56. The van der Waals surface area contributed by atoms with E-state index in [1.165, 1.54) is 6.92 Å². The van der Waals surface area contributed by atoms with Gasteiger partial charge in [-0.2, -0.15) is 0 Å². The molecule has 0 aliphatic rings.